The van der Waals surface area contributed by atoms with Crippen molar-refractivity contribution in [3.8, 4) is 0 Å². The molecule has 2 atom stereocenters. The summed E-state index contributed by atoms with van der Waals surface area (Å²) in [6, 6.07) is 25.4. The van der Waals surface area contributed by atoms with Crippen LogP contribution in [0.5, 0.6) is 0 Å². The summed E-state index contributed by atoms with van der Waals surface area (Å²) >= 11 is 0. The Labute approximate surface area is 229 Å². The summed E-state index contributed by atoms with van der Waals surface area (Å²) < 4.78 is 10.2. The van der Waals surface area contributed by atoms with Crippen molar-refractivity contribution in [2.75, 3.05) is 32.8 Å². The summed E-state index contributed by atoms with van der Waals surface area (Å²) in [7, 11) is 0. The summed E-state index contributed by atoms with van der Waals surface area (Å²) in [6.45, 7) is 4.14. The zero-order chi connectivity index (χ0) is 26.2. The quantitative estimate of drug-likeness (QED) is 0.309. The average Bonchev–Trinajstić information content (AvgIpc) is 3.59. The summed E-state index contributed by atoms with van der Waals surface area (Å²) in [5.41, 5.74) is 3.19. The average molecular weight is 524 g/mol. The normalized spacial score (nSPS) is 20.0. The lowest BCUT2D eigenvalue weighted by Crippen LogP contribution is -2.56. The Morgan fingerprint density at radius 3 is 2.13 bits per heavy atom. The molecule has 1 saturated heterocycles. The second-order valence-corrected chi connectivity index (χ2v) is 11.3. The van der Waals surface area contributed by atoms with Gasteiger partial charge in [0.25, 0.3) is 0 Å². The molecule has 1 aliphatic carbocycles. The number of ether oxygens (including phenoxy) is 1. The van der Waals surface area contributed by atoms with Crippen LogP contribution in [0.4, 0.5) is 0 Å². The van der Waals surface area contributed by atoms with Gasteiger partial charge < -0.3 is 14.4 Å². The number of para-hydroxylation sites is 3. The van der Waals surface area contributed by atoms with Crippen LogP contribution in [0.3, 0.4) is 0 Å². The number of hydrogen-bond donors (Lipinski definition) is 1. The molecule has 0 spiro atoms. The summed E-state index contributed by atoms with van der Waals surface area (Å²) in [5.74, 6) is 0.186. The van der Waals surface area contributed by atoms with Gasteiger partial charge in [-0.05, 0) is 43.0 Å². The van der Waals surface area contributed by atoms with Crippen LogP contribution in [0.2, 0.25) is 0 Å². The molecular formula is C32H37N5O2. The fourth-order valence-corrected chi connectivity index (χ4v) is 7.19. The minimum absolute atomic E-state index is 0.186. The molecule has 3 aromatic carbocycles. The minimum atomic E-state index is -0.862. The maximum absolute atomic E-state index is 12.8. The Balaban J connectivity index is 1.53. The molecular weight excluding hydrogens is 486 g/mol. The number of morpholine rings is 1. The number of benzene rings is 3. The minimum Gasteiger partial charge on any atom is -0.388 e. The van der Waals surface area contributed by atoms with E-state index in [-0.39, 0.29) is 5.92 Å². The van der Waals surface area contributed by atoms with Crippen LogP contribution in [0.15, 0.2) is 72.8 Å². The topological polar surface area (TPSA) is 68.3 Å². The summed E-state index contributed by atoms with van der Waals surface area (Å²) in [5, 5.41) is 24.7. The number of aliphatic hydroxyl groups excluding tert-OH is 1. The summed E-state index contributed by atoms with van der Waals surface area (Å²) in [4.78, 5) is 2.47. The van der Waals surface area contributed by atoms with Gasteiger partial charge in [-0.1, -0.05) is 73.0 Å². The largest absolute Gasteiger partial charge is 0.388 e. The number of hydrogen-bond acceptors (Lipinski definition) is 5. The van der Waals surface area contributed by atoms with Gasteiger partial charge >= 0.3 is 0 Å². The van der Waals surface area contributed by atoms with Crippen LogP contribution in [0.25, 0.3) is 32.8 Å². The lowest BCUT2D eigenvalue weighted by Gasteiger charge is -2.45. The standard InChI is InChI=1S/C32H37N5O2/c38-31(24-10-2-1-3-11-24)32(18-19-35-20-22-39-23-21-35,37-30-17-9-6-14-27(30)33-34-37)36-28-15-7-4-12-25(28)26-13-5-8-16-29(26)36/h4-9,12-17,24,31,38H,1-3,10-11,18-23H2. The molecule has 2 unspecified atom stereocenters. The predicted octanol–water partition coefficient (Wildman–Crippen LogP) is 5.40. The van der Waals surface area contributed by atoms with Crippen molar-refractivity contribution in [2.45, 2.75) is 50.3 Å². The van der Waals surface area contributed by atoms with E-state index < -0.39 is 11.8 Å². The van der Waals surface area contributed by atoms with Gasteiger partial charge in [0.2, 0.25) is 0 Å². The van der Waals surface area contributed by atoms with Gasteiger partial charge in [0, 0.05) is 36.8 Å². The molecule has 7 heteroatoms. The van der Waals surface area contributed by atoms with Crippen LogP contribution in [-0.4, -0.2) is 68.5 Å². The first-order chi connectivity index (χ1) is 19.3. The molecule has 2 aliphatic rings. The smallest absolute Gasteiger partial charge is 0.168 e. The Hall–Kier alpha value is -3.26. The number of aliphatic hydroxyl groups is 1. The molecule has 5 aromatic rings. The van der Waals surface area contributed by atoms with Crippen molar-refractivity contribution in [1.29, 1.82) is 0 Å². The number of aromatic nitrogens is 4. The number of nitrogens with zero attached hydrogens (tertiary/aromatic N) is 5. The molecule has 7 rings (SSSR count). The molecule has 1 saturated carbocycles. The molecule has 0 radical (unpaired) electrons. The summed E-state index contributed by atoms with van der Waals surface area (Å²) in [6.07, 6.45) is 5.70. The van der Waals surface area contributed by atoms with Crippen molar-refractivity contribution in [3.05, 3.63) is 72.8 Å². The van der Waals surface area contributed by atoms with Gasteiger partial charge in [0.15, 0.2) is 5.66 Å². The molecule has 3 heterocycles. The van der Waals surface area contributed by atoms with Crippen molar-refractivity contribution >= 4 is 32.8 Å². The van der Waals surface area contributed by atoms with Crippen LogP contribution in [0.1, 0.15) is 38.5 Å². The van der Waals surface area contributed by atoms with Crippen LogP contribution < -0.4 is 0 Å². The van der Waals surface area contributed by atoms with E-state index in [0.717, 1.165) is 80.6 Å². The maximum atomic E-state index is 12.8. The Morgan fingerprint density at radius 1 is 0.821 bits per heavy atom. The van der Waals surface area contributed by atoms with E-state index in [4.69, 9.17) is 9.95 Å². The highest BCUT2D eigenvalue weighted by Crippen LogP contribution is 2.44. The van der Waals surface area contributed by atoms with Crippen LogP contribution in [0, 0.1) is 5.92 Å². The lowest BCUT2D eigenvalue weighted by molar-refractivity contribution is -0.0540. The molecule has 1 aliphatic heterocycles. The highest BCUT2D eigenvalue weighted by atomic mass is 16.5. The molecule has 39 heavy (non-hydrogen) atoms. The molecule has 1 N–H and O–H groups in total. The van der Waals surface area contributed by atoms with Gasteiger partial charge in [-0.3, -0.25) is 4.90 Å². The van der Waals surface area contributed by atoms with Crippen LogP contribution >= 0.6 is 0 Å². The van der Waals surface area contributed by atoms with E-state index in [1.165, 1.54) is 17.2 Å². The van der Waals surface area contributed by atoms with Gasteiger partial charge in [-0.25, -0.2) is 4.68 Å². The van der Waals surface area contributed by atoms with E-state index >= 15 is 0 Å². The van der Waals surface area contributed by atoms with E-state index in [1.807, 2.05) is 18.2 Å². The third kappa shape index (κ3) is 4.15. The molecule has 2 aromatic heterocycles. The lowest BCUT2D eigenvalue weighted by atomic mass is 9.78. The van der Waals surface area contributed by atoms with Gasteiger partial charge in [0.1, 0.15) is 11.6 Å². The molecule has 2 fully saturated rings. The SMILES string of the molecule is OC(C1CCCCC1)C(CCN1CCOCC1)(n1nnc2ccccc21)n1c2ccccc2c2ccccc21. The molecule has 202 valence electrons. The Morgan fingerprint density at radius 2 is 1.44 bits per heavy atom. The second kappa shape index (κ2) is 10.4. The third-order valence-corrected chi connectivity index (χ3v) is 9.16. The first kappa shape index (κ1) is 24.8. The predicted molar refractivity (Wildman–Crippen MR) is 155 cm³/mol. The monoisotopic (exact) mass is 523 g/mol. The first-order valence-corrected chi connectivity index (χ1v) is 14.5. The van der Waals surface area contributed by atoms with Crippen molar-refractivity contribution in [3.63, 3.8) is 0 Å². The van der Waals surface area contributed by atoms with Crippen molar-refractivity contribution in [2.24, 2.45) is 5.92 Å². The van der Waals surface area contributed by atoms with Crippen molar-refractivity contribution in [1.82, 2.24) is 24.5 Å². The van der Waals surface area contributed by atoms with E-state index in [0.29, 0.717) is 6.42 Å². The Kier molecular flexibility index (Phi) is 6.59. The highest BCUT2D eigenvalue weighted by molar-refractivity contribution is 6.08. The van der Waals surface area contributed by atoms with Gasteiger partial charge in [0.05, 0.1) is 29.8 Å². The Bertz CT molecular complexity index is 1530. The fraction of sp³-hybridized carbons (Fsp3) is 0.438. The number of fused-ring (bicyclic) bond motifs is 4. The van der Waals surface area contributed by atoms with Gasteiger partial charge in [-0.15, -0.1) is 5.10 Å². The molecule has 7 nitrogen and oxygen atoms in total. The zero-order valence-electron chi connectivity index (χ0n) is 22.5. The zero-order valence-corrected chi connectivity index (χ0v) is 22.5. The fourth-order valence-electron chi connectivity index (χ4n) is 7.19. The van der Waals surface area contributed by atoms with E-state index in [1.54, 1.807) is 0 Å². The van der Waals surface area contributed by atoms with Gasteiger partial charge in [-0.2, -0.15) is 0 Å². The number of rotatable bonds is 7. The third-order valence-electron chi connectivity index (χ3n) is 9.16. The highest BCUT2D eigenvalue weighted by Gasteiger charge is 2.48. The molecule has 0 amide bonds. The van der Waals surface area contributed by atoms with E-state index in [2.05, 4.69) is 73.8 Å². The van der Waals surface area contributed by atoms with Crippen LogP contribution in [-0.2, 0) is 10.4 Å². The van der Waals surface area contributed by atoms with Crippen molar-refractivity contribution < 1.29 is 9.84 Å². The molecule has 0 bridgehead atoms. The van der Waals surface area contributed by atoms with E-state index in [9.17, 15) is 5.11 Å². The second-order valence-electron chi connectivity index (χ2n) is 11.3. The maximum Gasteiger partial charge on any atom is 0.168 e. The first-order valence-electron chi connectivity index (χ1n) is 14.5.